The summed E-state index contributed by atoms with van der Waals surface area (Å²) in [7, 11) is 0. The van der Waals surface area contributed by atoms with Crippen LogP contribution in [-0.2, 0) is 4.79 Å². The molecule has 2 saturated heterocycles. The Labute approximate surface area is 158 Å². The predicted octanol–water partition coefficient (Wildman–Crippen LogP) is 2.71. The molecule has 0 saturated carbocycles. The second-order valence-corrected chi connectivity index (χ2v) is 7.56. The number of nitrogens with zero attached hydrogens (tertiary/aromatic N) is 3. The maximum Gasteiger partial charge on any atom is 0.290 e. The van der Waals surface area contributed by atoms with Crippen molar-refractivity contribution in [1.29, 1.82) is 0 Å². The van der Waals surface area contributed by atoms with Crippen LogP contribution in [0.25, 0.3) is 0 Å². The van der Waals surface area contributed by atoms with Crippen molar-refractivity contribution in [2.24, 2.45) is 0 Å². The molecule has 0 aromatic carbocycles. The number of aromatic amines is 1. The molecule has 2 aliphatic rings. The highest BCUT2D eigenvalue weighted by molar-refractivity contribution is 5.95. The molecule has 1 atom stereocenters. The van der Waals surface area contributed by atoms with Crippen LogP contribution in [0, 0.1) is 6.92 Å². The minimum Gasteiger partial charge on any atom is -0.459 e. The highest BCUT2D eigenvalue weighted by Crippen LogP contribution is 2.29. The summed E-state index contributed by atoms with van der Waals surface area (Å²) >= 11 is 0. The molecular weight excluding hydrogens is 344 g/mol. The van der Waals surface area contributed by atoms with Gasteiger partial charge in [0.2, 0.25) is 5.91 Å². The van der Waals surface area contributed by atoms with Gasteiger partial charge >= 0.3 is 0 Å². The van der Waals surface area contributed by atoms with Gasteiger partial charge in [-0.25, -0.2) is 0 Å². The Kier molecular flexibility index (Phi) is 5.01. The monoisotopic (exact) mass is 370 g/mol. The predicted molar refractivity (Wildman–Crippen MR) is 99.3 cm³/mol. The number of piperidine rings is 2. The lowest BCUT2D eigenvalue weighted by Gasteiger charge is -2.39. The number of H-pyrrole nitrogens is 1. The molecule has 1 N–H and O–H groups in total. The summed E-state index contributed by atoms with van der Waals surface area (Å²) in [5, 5.41) is 7.37. The molecule has 2 aromatic rings. The van der Waals surface area contributed by atoms with Crippen molar-refractivity contribution in [1.82, 2.24) is 20.0 Å². The van der Waals surface area contributed by atoms with Crippen molar-refractivity contribution in [3.8, 4) is 0 Å². The molecular formula is C20H26N4O3. The molecule has 2 amide bonds. The number of furan rings is 1. The Morgan fingerprint density at radius 1 is 1.19 bits per heavy atom. The molecule has 0 bridgehead atoms. The molecule has 7 heteroatoms. The molecule has 27 heavy (non-hydrogen) atoms. The third-order valence-electron chi connectivity index (χ3n) is 5.73. The molecule has 0 spiro atoms. The van der Waals surface area contributed by atoms with Gasteiger partial charge in [0, 0.05) is 31.2 Å². The largest absolute Gasteiger partial charge is 0.459 e. The zero-order chi connectivity index (χ0) is 18.8. The van der Waals surface area contributed by atoms with Gasteiger partial charge in [-0.3, -0.25) is 14.7 Å². The smallest absolute Gasteiger partial charge is 0.290 e. The topological polar surface area (TPSA) is 82.4 Å². The van der Waals surface area contributed by atoms with Crippen molar-refractivity contribution >= 4 is 11.8 Å². The van der Waals surface area contributed by atoms with E-state index in [-0.39, 0.29) is 17.9 Å². The van der Waals surface area contributed by atoms with Gasteiger partial charge in [0.1, 0.15) is 6.04 Å². The Hall–Kier alpha value is -2.57. The number of carbonyl (C=O) groups excluding carboxylic acids is 2. The number of carbonyl (C=O) groups is 2. The standard InChI is InChI=1S/C20H26N4O3/c1-14-13-16(22-21-14)15-7-10-23(11-8-15)19(25)17-5-2-3-9-24(17)20(26)18-6-4-12-27-18/h4,6,12-13,15,17H,2-3,5,7-11H2,1H3,(H,21,22). The first kappa shape index (κ1) is 17.8. The fourth-order valence-electron chi connectivity index (χ4n) is 4.23. The van der Waals surface area contributed by atoms with Crippen molar-refractivity contribution in [2.75, 3.05) is 19.6 Å². The van der Waals surface area contributed by atoms with E-state index in [0.29, 0.717) is 31.3 Å². The summed E-state index contributed by atoms with van der Waals surface area (Å²) in [6.07, 6.45) is 5.95. The van der Waals surface area contributed by atoms with Gasteiger partial charge in [-0.1, -0.05) is 0 Å². The van der Waals surface area contributed by atoms with Gasteiger partial charge in [0.15, 0.2) is 5.76 Å². The Morgan fingerprint density at radius 2 is 2.00 bits per heavy atom. The van der Waals surface area contributed by atoms with Crippen LogP contribution in [0.4, 0.5) is 0 Å². The lowest BCUT2D eigenvalue weighted by molar-refractivity contribution is -0.138. The summed E-state index contributed by atoms with van der Waals surface area (Å²) in [6, 6.07) is 5.08. The number of amides is 2. The van der Waals surface area contributed by atoms with Crippen molar-refractivity contribution in [2.45, 2.75) is 51.0 Å². The van der Waals surface area contributed by atoms with E-state index in [1.165, 1.54) is 6.26 Å². The van der Waals surface area contributed by atoms with Crippen molar-refractivity contribution < 1.29 is 14.0 Å². The van der Waals surface area contributed by atoms with Crippen LogP contribution in [0.3, 0.4) is 0 Å². The van der Waals surface area contributed by atoms with Crippen LogP contribution < -0.4 is 0 Å². The number of rotatable bonds is 3. The average Bonchev–Trinajstić information content (AvgIpc) is 3.39. The van der Waals surface area contributed by atoms with Gasteiger partial charge in [-0.05, 0) is 57.2 Å². The van der Waals surface area contributed by atoms with Gasteiger partial charge in [0.25, 0.3) is 5.91 Å². The third-order valence-corrected chi connectivity index (χ3v) is 5.73. The number of nitrogens with one attached hydrogen (secondary N) is 1. The lowest BCUT2D eigenvalue weighted by atomic mass is 9.92. The van der Waals surface area contributed by atoms with E-state index in [9.17, 15) is 9.59 Å². The quantitative estimate of drug-likeness (QED) is 0.901. The first-order valence-electron chi connectivity index (χ1n) is 9.78. The fourth-order valence-corrected chi connectivity index (χ4v) is 4.23. The average molecular weight is 370 g/mol. The van der Waals surface area contributed by atoms with Crippen molar-refractivity contribution in [3.63, 3.8) is 0 Å². The van der Waals surface area contributed by atoms with E-state index in [0.717, 1.165) is 43.5 Å². The van der Waals surface area contributed by atoms with Crippen LogP contribution in [0.2, 0.25) is 0 Å². The van der Waals surface area contributed by atoms with Crippen LogP contribution in [0.15, 0.2) is 28.9 Å². The SMILES string of the molecule is Cc1cc(C2CCN(C(=O)C3CCCCN3C(=O)c3ccco3)CC2)n[nH]1. The van der Waals surface area contributed by atoms with E-state index in [1.54, 1.807) is 17.0 Å². The molecule has 0 radical (unpaired) electrons. The second kappa shape index (κ2) is 7.58. The van der Waals surface area contributed by atoms with Gasteiger partial charge in [0.05, 0.1) is 12.0 Å². The number of aromatic nitrogens is 2. The maximum absolute atomic E-state index is 13.2. The zero-order valence-corrected chi connectivity index (χ0v) is 15.7. The highest BCUT2D eigenvalue weighted by atomic mass is 16.3. The first-order valence-corrected chi connectivity index (χ1v) is 9.78. The molecule has 7 nitrogen and oxygen atoms in total. The van der Waals surface area contributed by atoms with Gasteiger partial charge < -0.3 is 14.2 Å². The maximum atomic E-state index is 13.2. The minimum absolute atomic E-state index is 0.0752. The molecule has 4 rings (SSSR count). The van der Waals surface area contributed by atoms with Crippen molar-refractivity contribution in [3.05, 3.63) is 41.6 Å². The molecule has 2 fully saturated rings. The van der Waals surface area contributed by atoms with E-state index < -0.39 is 0 Å². The Bertz CT molecular complexity index is 790. The Balaban J connectivity index is 1.41. The number of hydrogen-bond donors (Lipinski definition) is 1. The fraction of sp³-hybridized carbons (Fsp3) is 0.550. The zero-order valence-electron chi connectivity index (χ0n) is 15.7. The highest BCUT2D eigenvalue weighted by Gasteiger charge is 2.37. The lowest BCUT2D eigenvalue weighted by Crippen LogP contribution is -2.54. The van der Waals surface area contributed by atoms with Crippen LogP contribution in [-0.4, -0.2) is 57.5 Å². The molecule has 144 valence electrons. The summed E-state index contributed by atoms with van der Waals surface area (Å²) in [5.41, 5.74) is 2.16. The van der Waals surface area contributed by atoms with E-state index in [1.807, 2.05) is 11.8 Å². The summed E-state index contributed by atoms with van der Waals surface area (Å²) in [4.78, 5) is 29.5. The molecule has 2 aromatic heterocycles. The van der Waals surface area contributed by atoms with E-state index >= 15 is 0 Å². The van der Waals surface area contributed by atoms with Crippen LogP contribution >= 0.6 is 0 Å². The second-order valence-electron chi connectivity index (χ2n) is 7.56. The third kappa shape index (κ3) is 3.63. The number of hydrogen-bond acceptors (Lipinski definition) is 4. The number of aryl methyl sites for hydroxylation is 1. The van der Waals surface area contributed by atoms with E-state index in [2.05, 4.69) is 16.3 Å². The summed E-state index contributed by atoms with van der Waals surface area (Å²) in [6.45, 7) is 4.05. The molecule has 4 heterocycles. The van der Waals surface area contributed by atoms with Crippen LogP contribution in [0.5, 0.6) is 0 Å². The Morgan fingerprint density at radius 3 is 2.67 bits per heavy atom. The molecule has 1 unspecified atom stereocenters. The van der Waals surface area contributed by atoms with Gasteiger partial charge in [-0.15, -0.1) is 0 Å². The molecule has 0 aliphatic carbocycles. The first-order chi connectivity index (χ1) is 13.1. The number of likely N-dealkylation sites (tertiary alicyclic amines) is 2. The molecule has 2 aliphatic heterocycles. The van der Waals surface area contributed by atoms with Crippen LogP contribution in [0.1, 0.15) is 60.0 Å². The minimum atomic E-state index is -0.375. The summed E-state index contributed by atoms with van der Waals surface area (Å²) in [5.74, 6) is 0.597. The van der Waals surface area contributed by atoms with E-state index in [4.69, 9.17) is 4.42 Å². The summed E-state index contributed by atoms with van der Waals surface area (Å²) < 4.78 is 5.26. The van der Waals surface area contributed by atoms with Gasteiger partial charge in [-0.2, -0.15) is 5.10 Å². The normalized spacial score (nSPS) is 21.4.